The van der Waals surface area contributed by atoms with Crippen molar-refractivity contribution in [2.75, 3.05) is 7.11 Å². The smallest absolute Gasteiger partial charge is 0.0981 e. The van der Waals surface area contributed by atoms with Crippen molar-refractivity contribution >= 4 is 0 Å². The van der Waals surface area contributed by atoms with Crippen LogP contribution in [0.2, 0.25) is 0 Å². The molecule has 3 rings (SSSR count). The van der Waals surface area contributed by atoms with E-state index in [-0.39, 0.29) is 6.04 Å². The molecule has 14 heavy (non-hydrogen) atoms. The van der Waals surface area contributed by atoms with Gasteiger partial charge in [0, 0.05) is 7.11 Å². The summed E-state index contributed by atoms with van der Waals surface area (Å²) in [6, 6.07) is 0.135. The Morgan fingerprint density at radius 3 is 2.64 bits per heavy atom. The van der Waals surface area contributed by atoms with Crippen molar-refractivity contribution in [1.29, 1.82) is 0 Å². The van der Waals surface area contributed by atoms with Crippen LogP contribution in [0.25, 0.3) is 0 Å². The predicted molar refractivity (Wildman–Crippen MR) is 52.9 cm³/mol. The summed E-state index contributed by atoms with van der Waals surface area (Å²) >= 11 is 0. The van der Waals surface area contributed by atoms with Gasteiger partial charge in [0.2, 0.25) is 0 Å². The molecule has 0 radical (unpaired) electrons. The van der Waals surface area contributed by atoms with Crippen molar-refractivity contribution in [1.82, 2.24) is 0 Å². The molecule has 1 unspecified atom stereocenters. The number of nitrogens with zero attached hydrogens (tertiary/aromatic N) is 1. The van der Waals surface area contributed by atoms with E-state index in [0.717, 1.165) is 24.7 Å². The Morgan fingerprint density at radius 2 is 2.07 bits per heavy atom. The van der Waals surface area contributed by atoms with Crippen LogP contribution < -0.4 is 0 Å². The maximum atomic E-state index is 10.8. The summed E-state index contributed by atoms with van der Waals surface area (Å²) < 4.78 is 5.43. The lowest BCUT2D eigenvalue weighted by molar-refractivity contribution is 0.0961. The maximum Gasteiger partial charge on any atom is 0.0981 e. The van der Waals surface area contributed by atoms with E-state index in [2.05, 4.69) is 5.18 Å². The second-order valence-electron chi connectivity index (χ2n) is 5.29. The van der Waals surface area contributed by atoms with Crippen LogP contribution >= 0.6 is 0 Å². The number of ether oxygens (including phenoxy) is 1. The number of methoxy groups -OCH3 is 1. The van der Waals surface area contributed by atoms with E-state index < -0.39 is 0 Å². The Balaban J connectivity index is 1.81. The molecular formula is C11H17NO2. The topological polar surface area (TPSA) is 38.7 Å². The lowest BCUT2D eigenvalue weighted by Crippen LogP contribution is -2.20. The Morgan fingerprint density at radius 1 is 1.29 bits per heavy atom. The van der Waals surface area contributed by atoms with Crippen LogP contribution in [0.15, 0.2) is 5.18 Å². The molecule has 0 saturated heterocycles. The third-order valence-electron chi connectivity index (χ3n) is 4.87. The normalized spacial score (nSPS) is 48.1. The molecule has 3 saturated carbocycles. The van der Waals surface area contributed by atoms with Gasteiger partial charge in [0.25, 0.3) is 0 Å². The summed E-state index contributed by atoms with van der Waals surface area (Å²) in [5.74, 6) is 1.47. The minimum absolute atomic E-state index is 0.135. The van der Waals surface area contributed by atoms with Crippen LogP contribution in [0.3, 0.4) is 0 Å². The summed E-state index contributed by atoms with van der Waals surface area (Å²) in [7, 11) is 1.81. The molecule has 3 aliphatic rings. The number of hydrogen-bond donors (Lipinski definition) is 0. The summed E-state index contributed by atoms with van der Waals surface area (Å²) in [6.07, 6.45) is 6.30. The fourth-order valence-corrected chi connectivity index (χ4v) is 4.00. The predicted octanol–water partition coefficient (Wildman–Crippen LogP) is 2.35. The van der Waals surface area contributed by atoms with Gasteiger partial charge in [-0.3, -0.25) is 0 Å². The molecule has 0 aliphatic heterocycles. The fourth-order valence-electron chi connectivity index (χ4n) is 4.00. The van der Waals surface area contributed by atoms with Gasteiger partial charge in [0.05, 0.1) is 12.1 Å². The van der Waals surface area contributed by atoms with Gasteiger partial charge in [-0.15, -0.1) is 0 Å². The van der Waals surface area contributed by atoms with Crippen molar-refractivity contribution < 1.29 is 4.74 Å². The van der Waals surface area contributed by atoms with E-state index >= 15 is 0 Å². The van der Waals surface area contributed by atoms with Crippen LogP contribution in [0.5, 0.6) is 0 Å². The zero-order chi connectivity index (χ0) is 9.76. The summed E-state index contributed by atoms with van der Waals surface area (Å²) in [5, 5.41) is 3.35. The Kier molecular flexibility index (Phi) is 1.76. The second kappa shape index (κ2) is 2.78. The first-order valence-electron chi connectivity index (χ1n) is 5.65. The largest absolute Gasteiger partial charge is 0.381 e. The van der Waals surface area contributed by atoms with Gasteiger partial charge in [-0.05, 0) is 49.4 Å². The van der Waals surface area contributed by atoms with E-state index in [4.69, 9.17) is 4.74 Å². The Labute approximate surface area is 84.2 Å². The first-order valence-corrected chi connectivity index (χ1v) is 5.65. The lowest BCUT2D eigenvalue weighted by Gasteiger charge is -2.19. The Hall–Kier alpha value is -0.440. The average Bonchev–Trinajstić information content (AvgIpc) is 2.80. The van der Waals surface area contributed by atoms with E-state index in [9.17, 15) is 4.91 Å². The van der Waals surface area contributed by atoms with Crippen LogP contribution in [-0.4, -0.2) is 19.3 Å². The van der Waals surface area contributed by atoms with Gasteiger partial charge in [0.1, 0.15) is 0 Å². The molecule has 0 aromatic rings. The highest BCUT2D eigenvalue weighted by atomic mass is 16.5. The number of hydrogen-bond acceptors (Lipinski definition) is 3. The first-order chi connectivity index (χ1) is 6.80. The summed E-state index contributed by atoms with van der Waals surface area (Å²) in [5.41, 5.74) is 0.333. The van der Waals surface area contributed by atoms with Gasteiger partial charge < -0.3 is 4.74 Å². The van der Waals surface area contributed by atoms with Crippen LogP contribution in [0.4, 0.5) is 0 Å². The number of fused-ring (bicyclic) bond motifs is 2. The SMILES string of the molecule is CO[C@@H]1C[C@@H]2CC(N=O)C3(CC3)[C@@H]2C1. The third kappa shape index (κ3) is 0.964. The molecule has 0 bridgehead atoms. The van der Waals surface area contributed by atoms with E-state index in [1.54, 1.807) is 7.11 Å². The molecule has 3 heteroatoms. The van der Waals surface area contributed by atoms with Crippen LogP contribution in [0, 0.1) is 22.2 Å². The third-order valence-corrected chi connectivity index (χ3v) is 4.87. The molecule has 3 fully saturated rings. The second-order valence-corrected chi connectivity index (χ2v) is 5.29. The molecule has 4 atom stereocenters. The molecule has 0 aromatic carbocycles. The molecular weight excluding hydrogens is 178 g/mol. The van der Waals surface area contributed by atoms with Gasteiger partial charge in [-0.1, -0.05) is 5.18 Å². The highest BCUT2D eigenvalue weighted by Crippen LogP contribution is 2.68. The average molecular weight is 195 g/mol. The highest BCUT2D eigenvalue weighted by Gasteiger charge is 2.64. The first kappa shape index (κ1) is 8.84. The minimum Gasteiger partial charge on any atom is -0.381 e. The molecule has 1 spiro atoms. The lowest BCUT2D eigenvalue weighted by atomic mass is 9.88. The zero-order valence-electron chi connectivity index (χ0n) is 8.61. The summed E-state index contributed by atoms with van der Waals surface area (Å²) in [4.78, 5) is 10.8. The van der Waals surface area contributed by atoms with Crippen molar-refractivity contribution in [2.24, 2.45) is 22.4 Å². The van der Waals surface area contributed by atoms with Crippen LogP contribution in [0.1, 0.15) is 32.1 Å². The van der Waals surface area contributed by atoms with Gasteiger partial charge in [0.15, 0.2) is 0 Å². The molecule has 0 N–H and O–H groups in total. The van der Waals surface area contributed by atoms with Gasteiger partial charge >= 0.3 is 0 Å². The van der Waals surface area contributed by atoms with Crippen molar-refractivity contribution in [3.8, 4) is 0 Å². The molecule has 3 nitrogen and oxygen atoms in total. The highest BCUT2D eigenvalue weighted by molar-refractivity contribution is 5.15. The van der Waals surface area contributed by atoms with Crippen molar-refractivity contribution in [3.63, 3.8) is 0 Å². The monoisotopic (exact) mass is 195 g/mol. The fraction of sp³-hybridized carbons (Fsp3) is 1.00. The zero-order valence-corrected chi connectivity index (χ0v) is 8.61. The van der Waals surface area contributed by atoms with Crippen molar-refractivity contribution in [3.05, 3.63) is 4.91 Å². The van der Waals surface area contributed by atoms with Gasteiger partial charge in [-0.2, -0.15) is 4.91 Å². The molecule has 0 amide bonds. The minimum atomic E-state index is 0.135. The van der Waals surface area contributed by atoms with E-state index in [0.29, 0.717) is 11.5 Å². The van der Waals surface area contributed by atoms with E-state index in [1.165, 1.54) is 19.3 Å². The Bertz CT molecular complexity index is 262. The van der Waals surface area contributed by atoms with Gasteiger partial charge in [-0.25, -0.2) is 0 Å². The van der Waals surface area contributed by atoms with Crippen molar-refractivity contribution in [2.45, 2.75) is 44.2 Å². The molecule has 3 aliphatic carbocycles. The molecule has 78 valence electrons. The standard InChI is InChI=1S/C11H17NO2/c1-14-8-4-7-5-10(12-13)11(2-3-11)9(7)6-8/h7-10H,2-6H2,1H3/t7-,8-,9-,10?/m1/s1. The molecule has 0 aromatic heterocycles. The maximum absolute atomic E-state index is 10.8. The quantitative estimate of drug-likeness (QED) is 0.634. The van der Waals surface area contributed by atoms with Crippen LogP contribution in [-0.2, 0) is 4.74 Å². The number of nitroso groups, excluding NO2 is 1. The summed E-state index contributed by atoms with van der Waals surface area (Å²) in [6.45, 7) is 0. The van der Waals surface area contributed by atoms with E-state index in [1.807, 2.05) is 0 Å². The molecule has 0 heterocycles. The number of rotatable bonds is 2.